The Morgan fingerprint density at radius 3 is 2.75 bits per heavy atom. The summed E-state index contributed by atoms with van der Waals surface area (Å²) in [4.78, 5) is 15.4. The third-order valence-corrected chi connectivity index (χ3v) is 2.78. The number of esters is 1. The molecule has 1 aromatic heterocycles. The van der Waals surface area contributed by atoms with Gasteiger partial charge in [0.2, 0.25) is 0 Å². The second-order valence-corrected chi connectivity index (χ2v) is 4.17. The smallest absolute Gasteiger partial charge is 0.346 e. The fraction of sp³-hybridized carbons (Fsp3) is 0.125. The molecule has 0 unspecified atom stereocenters. The molecule has 0 spiro atoms. The molecule has 4 nitrogen and oxygen atoms in total. The molecule has 2 aromatic rings. The van der Waals surface area contributed by atoms with Crippen LogP contribution in [-0.4, -0.2) is 22.6 Å². The van der Waals surface area contributed by atoms with E-state index in [1.807, 2.05) is 35.0 Å². The first-order chi connectivity index (χ1) is 9.72. The lowest BCUT2D eigenvalue weighted by Gasteiger charge is -2.03. The Bertz CT molecular complexity index is 647. The number of ether oxygens (including phenoxy) is 1. The molecule has 0 N–H and O–H groups in total. The van der Waals surface area contributed by atoms with E-state index in [9.17, 15) is 4.79 Å². The Morgan fingerprint density at radius 1 is 1.45 bits per heavy atom. The van der Waals surface area contributed by atoms with E-state index in [0.29, 0.717) is 0 Å². The van der Waals surface area contributed by atoms with Gasteiger partial charge in [-0.3, -0.25) is 0 Å². The van der Waals surface area contributed by atoms with Crippen LogP contribution in [0.3, 0.4) is 0 Å². The van der Waals surface area contributed by atoms with E-state index >= 15 is 0 Å². The standard InChI is InChI=1S/C16H14N2O2/c1-3-15(16(19)20-2)10-13-4-6-14(7-5-13)11-18-9-8-17-12-18/h1,4-10,12H,11H2,2H3/b15-10+. The predicted octanol–water partition coefficient (Wildman–Crippen LogP) is 2.12. The van der Waals surface area contributed by atoms with Crippen LogP contribution in [0.25, 0.3) is 6.08 Å². The summed E-state index contributed by atoms with van der Waals surface area (Å²) < 4.78 is 6.59. The average molecular weight is 266 g/mol. The zero-order chi connectivity index (χ0) is 14.4. The van der Waals surface area contributed by atoms with E-state index in [4.69, 9.17) is 6.42 Å². The highest BCUT2D eigenvalue weighted by molar-refractivity contribution is 5.98. The Kier molecular flexibility index (Phi) is 4.35. The second kappa shape index (κ2) is 6.39. The van der Waals surface area contributed by atoms with Gasteiger partial charge < -0.3 is 9.30 Å². The summed E-state index contributed by atoms with van der Waals surface area (Å²) in [6.07, 6.45) is 12.3. The van der Waals surface area contributed by atoms with Crippen LogP contribution < -0.4 is 0 Å². The van der Waals surface area contributed by atoms with Crippen LogP contribution >= 0.6 is 0 Å². The summed E-state index contributed by atoms with van der Waals surface area (Å²) in [5.41, 5.74) is 2.20. The van der Waals surface area contributed by atoms with Gasteiger partial charge in [-0.15, -0.1) is 6.42 Å². The minimum Gasteiger partial charge on any atom is -0.465 e. The highest BCUT2D eigenvalue weighted by Crippen LogP contribution is 2.11. The maximum atomic E-state index is 11.4. The lowest BCUT2D eigenvalue weighted by Crippen LogP contribution is -2.02. The largest absolute Gasteiger partial charge is 0.465 e. The van der Waals surface area contributed by atoms with Crippen molar-refractivity contribution in [2.24, 2.45) is 0 Å². The lowest BCUT2D eigenvalue weighted by atomic mass is 10.1. The van der Waals surface area contributed by atoms with E-state index in [2.05, 4.69) is 15.6 Å². The molecular weight excluding hydrogens is 252 g/mol. The molecule has 0 radical (unpaired) electrons. The summed E-state index contributed by atoms with van der Waals surface area (Å²) in [5.74, 6) is 1.82. The van der Waals surface area contributed by atoms with Crippen LogP contribution in [0.5, 0.6) is 0 Å². The van der Waals surface area contributed by atoms with Crippen molar-refractivity contribution in [3.05, 3.63) is 59.7 Å². The molecule has 0 fully saturated rings. The SMILES string of the molecule is C#C/C(=C\c1ccc(Cn2ccnc2)cc1)C(=O)OC. The second-order valence-electron chi connectivity index (χ2n) is 4.17. The third-order valence-electron chi connectivity index (χ3n) is 2.78. The van der Waals surface area contributed by atoms with Crippen molar-refractivity contribution in [3.8, 4) is 12.3 Å². The van der Waals surface area contributed by atoms with Crippen molar-refractivity contribution in [3.63, 3.8) is 0 Å². The van der Waals surface area contributed by atoms with Crippen molar-refractivity contribution < 1.29 is 9.53 Å². The summed E-state index contributed by atoms with van der Waals surface area (Å²) in [6.45, 7) is 0.753. The number of hydrogen-bond acceptors (Lipinski definition) is 3. The number of carbonyl (C=O) groups excluding carboxylic acids is 1. The molecule has 20 heavy (non-hydrogen) atoms. The van der Waals surface area contributed by atoms with Crippen molar-refractivity contribution in [1.29, 1.82) is 0 Å². The quantitative estimate of drug-likeness (QED) is 0.483. The molecule has 4 heteroatoms. The average Bonchev–Trinajstić information content (AvgIpc) is 2.98. The lowest BCUT2D eigenvalue weighted by molar-refractivity contribution is -0.135. The first kappa shape index (κ1) is 13.6. The summed E-state index contributed by atoms with van der Waals surface area (Å²) >= 11 is 0. The number of rotatable bonds is 4. The van der Waals surface area contributed by atoms with Crippen molar-refractivity contribution in [1.82, 2.24) is 9.55 Å². The van der Waals surface area contributed by atoms with E-state index in [1.54, 1.807) is 18.6 Å². The van der Waals surface area contributed by atoms with Crippen LogP contribution in [0, 0.1) is 12.3 Å². The number of imidazole rings is 1. The molecule has 0 aliphatic carbocycles. The molecule has 0 bridgehead atoms. The van der Waals surface area contributed by atoms with Crippen LogP contribution in [0.15, 0.2) is 48.6 Å². The van der Waals surface area contributed by atoms with Gasteiger partial charge in [0.1, 0.15) is 5.57 Å². The number of methoxy groups -OCH3 is 1. The first-order valence-corrected chi connectivity index (χ1v) is 6.04. The Hall–Kier alpha value is -2.80. The van der Waals surface area contributed by atoms with Crippen molar-refractivity contribution >= 4 is 12.0 Å². The summed E-state index contributed by atoms with van der Waals surface area (Å²) in [7, 11) is 1.31. The Labute approximate surface area is 117 Å². The van der Waals surface area contributed by atoms with Gasteiger partial charge in [0.25, 0.3) is 0 Å². The molecule has 2 rings (SSSR count). The minimum atomic E-state index is -0.505. The van der Waals surface area contributed by atoms with E-state index in [0.717, 1.165) is 17.7 Å². The van der Waals surface area contributed by atoms with Gasteiger partial charge in [-0.05, 0) is 17.2 Å². The molecule has 0 saturated heterocycles. The summed E-state index contributed by atoms with van der Waals surface area (Å²) in [5, 5.41) is 0. The highest BCUT2D eigenvalue weighted by Gasteiger charge is 2.06. The van der Waals surface area contributed by atoms with Crippen LogP contribution in [-0.2, 0) is 16.1 Å². The van der Waals surface area contributed by atoms with Gasteiger partial charge in [-0.1, -0.05) is 30.2 Å². The highest BCUT2D eigenvalue weighted by atomic mass is 16.5. The van der Waals surface area contributed by atoms with Gasteiger partial charge in [-0.25, -0.2) is 9.78 Å². The van der Waals surface area contributed by atoms with Gasteiger partial charge >= 0.3 is 5.97 Å². The van der Waals surface area contributed by atoms with Crippen LogP contribution in [0.2, 0.25) is 0 Å². The zero-order valence-corrected chi connectivity index (χ0v) is 11.1. The number of hydrogen-bond donors (Lipinski definition) is 0. The first-order valence-electron chi connectivity index (χ1n) is 6.04. The fourth-order valence-electron chi connectivity index (χ4n) is 1.75. The maximum Gasteiger partial charge on any atom is 0.346 e. The fourth-order valence-corrected chi connectivity index (χ4v) is 1.75. The Morgan fingerprint density at radius 2 is 2.20 bits per heavy atom. The zero-order valence-electron chi connectivity index (χ0n) is 11.1. The Balaban J connectivity index is 2.14. The molecule has 0 atom stereocenters. The number of terminal acetylenes is 1. The molecule has 0 aliphatic rings. The maximum absolute atomic E-state index is 11.4. The number of aromatic nitrogens is 2. The molecule has 100 valence electrons. The van der Waals surface area contributed by atoms with Crippen LogP contribution in [0.4, 0.5) is 0 Å². The number of nitrogens with zero attached hydrogens (tertiary/aromatic N) is 2. The van der Waals surface area contributed by atoms with Gasteiger partial charge in [0.15, 0.2) is 0 Å². The van der Waals surface area contributed by atoms with E-state index in [-0.39, 0.29) is 5.57 Å². The minimum absolute atomic E-state index is 0.204. The predicted molar refractivity (Wildman–Crippen MR) is 76.6 cm³/mol. The van der Waals surface area contributed by atoms with Crippen molar-refractivity contribution in [2.45, 2.75) is 6.54 Å². The molecule has 0 saturated carbocycles. The van der Waals surface area contributed by atoms with Crippen LogP contribution in [0.1, 0.15) is 11.1 Å². The van der Waals surface area contributed by atoms with Gasteiger partial charge in [0, 0.05) is 18.9 Å². The topological polar surface area (TPSA) is 44.1 Å². The molecule has 1 aromatic carbocycles. The molecule has 0 amide bonds. The molecule has 1 heterocycles. The number of carbonyl (C=O) groups is 1. The number of benzene rings is 1. The summed E-state index contributed by atoms with van der Waals surface area (Å²) in [6, 6.07) is 7.79. The molecule has 0 aliphatic heterocycles. The van der Waals surface area contributed by atoms with Gasteiger partial charge in [0.05, 0.1) is 13.4 Å². The van der Waals surface area contributed by atoms with Gasteiger partial charge in [-0.2, -0.15) is 0 Å². The van der Waals surface area contributed by atoms with E-state index in [1.165, 1.54) is 7.11 Å². The van der Waals surface area contributed by atoms with Crippen molar-refractivity contribution in [2.75, 3.05) is 7.11 Å². The normalized spacial score (nSPS) is 10.9. The third kappa shape index (κ3) is 3.36. The van der Waals surface area contributed by atoms with E-state index < -0.39 is 5.97 Å². The monoisotopic (exact) mass is 266 g/mol. The molecular formula is C16H14N2O2.